The van der Waals surface area contributed by atoms with Gasteiger partial charge in [0.05, 0.1) is 12.2 Å². The third-order valence-corrected chi connectivity index (χ3v) is 4.52. The molecule has 7 nitrogen and oxygen atoms in total. The van der Waals surface area contributed by atoms with Gasteiger partial charge in [0.2, 0.25) is 0 Å². The van der Waals surface area contributed by atoms with Crippen LogP contribution in [-0.2, 0) is 13.0 Å². The number of carbonyl (C=O) groups is 1. The minimum atomic E-state index is -0.273. The monoisotopic (exact) mass is 388 g/mol. The summed E-state index contributed by atoms with van der Waals surface area (Å²) in [6.45, 7) is 0.781. The molecule has 0 radical (unpaired) electrons. The van der Waals surface area contributed by atoms with Crippen molar-refractivity contribution in [2.24, 2.45) is 0 Å². The number of aromatic nitrogens is 3. The van der Waals surface area contributed by atoms with Gasteiger partial charge in [0.25, 0.3) is 11.5 Å². The van der Waals surface area contributed by atoms with Crippen LogP contribution in [0.25, 0.3) is 5.69 Å². The van der Waals surface area contributed by atoms with Gasteiger partial charge in [0.1, 0.15) is 5.76 Å². The molecule has 0 atom stereocenters. The van der Waals surface area contributed by atoms with Crippen LogP contribution < -0.4 is 10.9 Å². The number of carbonyl (C=O) groups excluding carboxylic acids is 1. The zero-order valence-corrected chi connectivity index (χ0v) is 15.7. The smallest absolute Gasteiger partial charge is 0.287 e. The number of hydrogen-bond donors (Lipinski definition) is 1. The van der Waals surface area contributed by atoms with Crippen molar-refractivity contribution >= 4 is 5.91 Å². The third-order valence-electron chi connectivity index (χ3n) is 4.52. The van der Waals surface area contributed by atoms with Crippen molar-refractivity contribution in [1.29, 1.82) is 0 Å². The highest BCUT2D eigenvalue weighted by Crippen LogP contribution is 2.10. The number of nitrogens with zero attached hydrogens (tertiary/aromatic N) is 3. The summed E-state index contributed by atoms with van der Waals surface area (Å²) < 4.78 is 8.90. The van der Waals surface area contributed by atoms with E-state index < -0.39 is 0 Å². The average Bonchev–Trinajstić information content (AvgIpc) is 3.43. The molecule has 0 unspecified atom stereocenters. The van der Waals surface area contributed by atoms with Crippen LogP contribution in [0.5, 0.6) is 0 Å². The molecule has 0 spiro atoms. The molecule has 0 aliphatic heterocycles. The van der Waals surface area contributed by atoms with Gasteiger partial charge in [-0.05, 0) is 48.4 Å². The summed E-state index contributed by atoms with van der Waals surface area (Å²) in [4.78, 5) is 24.1. The Morgan fingerprint density at radius 2 is 1.86 bits per heavy atom. The Bertz CT molecular complexity index is 1140. The number of furan rings is 1. The van der Waals surface area contributed by atoms with E-state index in [4.69, 9.17) is 4.42 Å². The molecule has 1 N–H and O–H groups in total. The lowest BCUT2D eigenvalue weighted by Crippen LogP contribution is -2.25. The van der Waals surface area contributed by atoms with E-state index in [-0.39, 0.29) is 23.8 Å². The zero-order valence-electron chi connectivity index (χ0n) is 15.7. The van der Waals surface area contributed by atoms with Crippen LogP contribution in [0.2, 0.25) is 0 Å². The number of nitrogens with one attached hydrogen (secondary N) is 1. The Morgan fingerprint density at radius 3 is 2.62 bits per heavy atom. The first kappa shape index (κ1) is 18.5. The number of rotatable bonds is 7. The summed E-state index contributed by atoms with van der Waals surface area (Å²) in [5.41, 5.74) is 1.99. The standard InChI is InChI=1S/C22H20N4O3/c27-21-4-1-2-14-25(21)16-19-9-10-20(29-19)22(28)23-13-11-17-5-7-18(8-6-17)26-15-3-12-24-26/h1-10,12,14-15H,11,13,16H2,(H,23,28). The van der Waals surface area contributed by atoms with Gasteiger partial charge in [-0.2, -0.15) is 5.10 Å². The van der Waals surface area contributed by atoms with E-state index >= 15 is 0 Å². The first-order valence-corrected chi connectivity index (χ1v) is 9.30. The molecule has 1 amide bonds. The Balaban J connectivity index is 1.29. The minimum absolute atomic E-state index is 0.117. The summed E-state index contributed by atoms with van der Waals surface area (Å²) in [5.74, 6) is 0.514. The molecular formula is C22H20N4O3. The van der Waals surface area contributed by atoms with E-state index in [0.29, 0.717) is 18.7 Å². The maximum atomic E-state index is 12.3. The van der Waals surface area contributed by atoms with E-state index in [1.165, 1.54) is 10.6 Å². The Hall–Kier alpha value is -3.87. The number of amides is 1. The van der Waals surface area contributed by atoms with E-state index in [0.717, 1.165) is 11.3 Å². The van der Waals surface area contributed by atoms with Gasteiger partial charge in [-0.1, -0.05) is 18.2 Å². The van der Waals surface area contributed by atoms with Crippen molar-refractivity contribution in [3.05, 3.63) is 107 Å². The maximum absolute atomic E-state index is 12.3. The van der Waals surface area contributed by atoms with E-state index in [1.54, 1.807) is 41.3 Å². The molecule has 0 fully saturated rings. The molecule has 146 valence electrons. The van der Waals surface area contributed by atoms with Crippen LogP contribution in [0.3, 0.4) is 0 Å². The Morgan fingerprint density at radius 1 is 1.00 bits per heavy atom. The van der Waals surface area contributed by atoms with Crippen LogP contribution in [-0.4, -0.2) is 26.8 Å². The van der Waals surface area contributed by atoms with E-state index in [2.05, 4.69) is 10.4 Å². The van der Waals surface area contributed by atoms with Gasteiger partial charge in [-0.25, -0.2) is 4.68 Å². The minimum Gasteiger partial charge on any atom is -0.454 e. The predicted octanol–water partition coefficient (Wildman–Crippen LogP) is 2.65. The lowest BCUT2D eigenvalue weighted by atomic mass is 10.1. The normalized spacial score (nSPS) is 10.8. The highest BCUT2D eigenvalue weighted by Gasteiger charge is 2.11. The van der Waals surface area contributed by atoms with Gasteiger partial charge < -0.3 is 14.3 Å². The molecule has 7 heteroatoms. The second kappa shape index (κ2) is 8.43. The molecule has 29 heavy (non-hydrogen) atoms. The Labute approximate surface area is 167 Å². The summed E-state index contributed by atoms with van der Waals surface area (Å²) in [7, 11) is 0. The predicted molar refractivity (Wildman–Crippen MR) is 108 cm³/mol. The topological polar surface area (TPSA) is 82.1 Å². The maximum Gasteiger partial charge on any atom is 0.287 e. The molecule has 4 rings (SSSR count). The first-order chi connectivity index (χ1) is 14.2. The quantitative estimate of drug-likeness (QED) is 0.528. The van der Waals surface area contributed by atoms with Crippen molar-refractivity contribution < 1.29 is 9.21 Å². The third kappa shape index (κ3) is 4.52. The molecule has 0 saturated heterocycles. The average molecular weight is 388 g/mol. The molecule has 4 aromatic rings. The molecular weight excluding hydrogens is 368 g/mol. The van der Waals surface area contributed by atoms with Crippen LogP contribution in [0.15, 0.2) is 88.5 Å². The van der Waals surface area contributed by atoms with Crippen LogP contribution in [0.1, 0.15) is 21.9 Å². The van der Waals surface area contributed by atoms with E-state index in [9.17, 15) is 9.59 Å². The van der Waals surface area contributed by atoms with Crippen molar-refractivity contribution in [3.63, 3.8) is 0 Å². The molecule has 0 aliphatic carbocycles. The number of benzene rings is 1. The fraction of sp³-hybridized carbons (Fsp3) is 0.136. The molecule has 3 heterocycles. The van der Waals surface area contributed by atoms with Crippen molar-refractivity contribution in [2.45, 2.75) is 13.0 Å². The van der Waals surface area contributed by atoms with Gasteiger partial charge >= 0.3 is 0 Å². The summed E-state index contributed by atoms with van der Waals surface area (Å²) in [6.07, 6.45) is 6.02. The van der Waals surface area contributed by atoms with Crippen molar-refractivity contribution in [1.82, 2.24) is 19.7 Å². The zero-order chi connectivity index (χ0) is 20.1. The second-order valence-electron chi connectivity index (χ2n) is 6.56. The van der Waals surface area contributed by atoms with Gasteiger partial charge in [0.15, 0.2) is 5.76 Å². The molecule has 0 saturated carbocycles. The van der Waals surface area contributed by atoms with Crippen LogP contribution in [0.4, 0.5) is 0 Å². The lowest BCUT2D eigenvalue weighted by Gasteiger charge is -2.06. The lowest BCUT2D eigenvalue weighted by molar-refractivity contribution is 0.0924. The molecule has 3 aromatic heterocycles. The molecule has 0 aliphatic rings. The summed E-state index contributed by atoms with van der Waals surface area (Å²) >= 11 is 0. The van der Waals surface area contributed by atoms with Crippen LogP contribution >= 0.6 is 0 Å². The number of hydrogen-bond acceptors (Lipinski definition) is 4. The van der Waals surface area contributed by atoms with E-state index in [1.807, 2.05) is 36.5 Å². The van der Waals surface area contributed by atoms with Gasteiger partial charge in [0, 0.05) is 31.2 Å². The van der Waals surface area contributed by atoms with Crippen molar-refractivity contribution in [2.75, 3.05) is 6.54 Å². The fourth-order valence-electron chi connectivity index (χ4n) is 2.99. The summed E-state index contributed by atoms with van der Waals surface area (Å²) in [5, 5.41) is 7.06. The highest BCUT2D eigenvalue weighted by molar-refractivity contribution is 5.91. The Kier molecular flexibility index (Phi) is 5.38. The second-order valence-corrected chi connectivity index (χ2v) is 6.56. The largest absolute Gasteiger partial charge is 0.454 e. The fourth-order valence-corrected chi connectivity index (χ4v) is 2.99. The van der Waals surface area contributed by atoms with Crippen LogP contribution in [0, 0.1) is 0 Å². The molecule has 0 bridgehead atoms. The summed E-state index contributed by atoms with van der Waals surface area (Å²) in [6, 6.07) is 18.2. The first-order valence-electron chi connectivity index (χ1n) is 9.30. The highest BCUT2D eigenvalue weighted by atomic mass is 16.4. The van der Waals surface area contributed by atoms with Crippen molar-refractivity contribution in [3.8, 4) is 5.69 Å². The number of pyridine rings is 1. The SMILES string of the molecule is O=C(NCCc1ccc(-n2cccn2)cc1)c1ccc(Cn2ccccc2=O)o1. The molecule has 1 aromatic carbocycles. The van der Waals surface area contributed by atoms with Gasteiger partial charge in [-0.15, -0.1) is 0 Å². The van der Waals surface area contributed by atoms with Gasteiger partial charge in [-0.3, -0.25) is 9.59 Å².